The van der Waals surface area contributed by atoms with Gasteiger partial charge in [-0.1, -0.05) is 6.07 Å². The Morgan fingerprint density at radius 2 is 1.84 bits per heavy atom. The number of ether oxygens (including phenoxy) is 1. The average Bonchev–Trinajstić information content (AvgIpc) is 3.35. The Kier molecular flexibility index (Phi) is 11.0. The molecule has 1 unspecified atom stereocenters. The summed E-state index contributed by atoms with van der Waals surface area (Å²) in [5.41, 5.74) is 2.26. The molecule has 0 radical (unpaired) electrons. The van der Waals surface area contributed by atoms with Crippen molar-refractivity contribution in [3.63, 3.8) is 0 Å². The minimum atomic E-state index is -3.68. The largest absolute Gasteiger partial charge is 0.483 e. The molecule has 12 nitrogen and oxygen atoms in total. The van der Waals surface area contributed by atoms with Gasteiger partial charge in [-0.2, -0.15) is 0 Å². The van der Waals surface area contributed by atoms with E-state index in [1.165, 1.54) is 0 Å². The number of methoxy groups -OCH3 is 1. The number of carboxylic acid groups (broad SMARTS) is 2. The van der Waals surface area contributed by atoms with Crippen LogP contribution in [0.2, 0.25) is 0 Å². The van der Waals surface area contributed by atoms with Crippen LogP contribution < -0.4 is 4.72 Å². The molecule has 1 aliphatic heterocycles. The topological polar surface area (TPSA) is 172 Å². The molecule has 31 heavy (non-hydrogen) atoms. The van der Waals surface area contributed by atoms with Gasteiger partial charge in [0.05, 0.1) is 6.61 Å². The molecule has 1 atom stereocenters. The molecule has 1 saturated heterocycles. The molecular weight excluding hydrogens is 432 g/mol. The first kappa shape index (κ1) is 26.4. The second-order valence-electron chi connectivity index (χ2n) is 6.81. The third-order valence-corrected chi connectivity index (χ3v) is 6.28. The van der Waals surface area contributed by atoms with Crippen LogP contribution in [0.15, 0.2) is 15.6 Å². The summed E-state index contributed by atoms with van der Waals surface area (Å²) in [6, 6.07) is 1.79. The van der Waals surface area contributed by atoms with E-state index in [-0.39, 0.29) is 23.4 Å². The van der Waals surface area contributed by atoms with Gasteiger partial charge in [0.15, 0.2) is 5.52 Å². The fourth-order valence-corrected chi connectivity index (χ4v) is 4.85. The lowest BCUT2D eigenvalue weighted by molar-refractivity contribution is -0.123. The molecule has 1 aliphatic rings. The van der Waals surface area contributed by atoms with Gasteiger partial charge in [0, 0.05) is 26.7 Å². The lowest BCUT2D eigenvalue weighted by Gasteiger charge is -2.16. The quantitative estimate of drug-likeness (QED) is 0.491. The predicted octanol–water partition coefficient (Wildman–Crippen LogP) is 0.488. The van der Waals surface area contributed by atoms with Gasteiger partial charge < -0.3 is 19.8 Å². The molecule has 1 aromatic carbocycles. The molecule has 174 valence electrons. The molecule has 3 rings (SSSR count). The standard InChI is InChI=1S/C16H24N4O4S.2CH2O2/c1-11-8-12(2)16(15-14(11)18-24-19-15)25(21,22)17-9-13-4-5-20(10-13)6-7-23-3;2*2-1-3/h8,13,17H,4-7,9-10H2,1-3H3;2*1H,(H,2,3). The molecule has 0 amide bonds. The number of sulfonamides is 1. The van der Waals surface area contributed by atoms with Gasteiger partial charge in [-0.25, -0.2) is 17.8 Å². The molecular formula is C18H28N4O8S. The number of rotatable bonds is 7. The number of nitrogens with zero attached hydrogens (tertiary/aromatic N) is 3. The van der Waals surface area contributed by atoms with E-state index >= 15 is 0 Å². The van der Waals surface area contributed by atoms with Crippen molar-refractivity contribution in [2.24, 2.45) is 5.92 Å². The first-order valence-electron chi connectivity index (χ1n) is 9.34. The summed E-state index contributed by atoms with van der Waals surface area (Å²) in [6.45, 7) is 6.94. The highest BCUT2D eigenvalue weighted by Gasteiger charge is 2.27. The van der Waals surface area contributed by atoms with Crippen molar-refractivity contribution in [3.8, 4) is 0 Å². The molecule has 0 saturated carbocycles. The fraction of sp³-hybridized carbons (Fsp3) is 0.556. The minimum Gasteiger partial charge on any atom is -0.483 e. The number of aryl methyl sites for hydroxylation is 2. The lowest BCUT2D eigenvalue weighted by Crippen LogP contribution is -2.32. The van der Waals surface area contributed by atoms with Crippen LogP contribution in [0.3, 0.4) is 0 Å². The Bertz CT molecular complexity index is 941. The Morgan fingerprint density at radius 3 is 2.45 bits per heavy atom. The van der Waals surface area contributed by atoms with Gasteiger partial charge in [-0.05, 0) is 54.2 Å². The number of hydrogen-bond acceptors (Lipinski definition) is 9. The van der Waals surface area contributed by atoms with Crippen molar-refractivity contribution >= 4 is 34.0 Å². The highest BCUT2D eigenvalue weighted by Crippen LogP contribution is 2.27. The van der Waals surface area contributed by atoms with Gasteiger partial charge in [-0.15, -0.1) is 0 Å². The zero-order valence-corrected chi connectivity index (χ0v) is 18.5. The summed E-state index contributed by atoms with van der Waals surface area (Å²) in [5, 5.41) is 21.4. The first-order valence-corrected chi connectivity index (χ1v) is 10.8. The number of likely N-dealkylation sites (tertiary alicyclic amines) is 1. The fourth-order valence-electron chi connectivity index (χ4n) is 3.38. The van der Waals surface area contributed by atoms with Gasteiger partial charge in [-0.3, -0.25) is 9.59 Å². The van der Waals surface area contributed by atoms with Crippen molar-refractivity contribution in [2.45, 2.75) is 25.2 Å². The highest BCUT2D eigenvalue weighted by molar-refractivity contribution is 7.89. The number of carbonyl (C=O) groups is 2. The second kappa shape index (κ2) is 12.9. The van der Waals surface area contributed by atoms with Gasteiger partial charge in [0.25, 0.3) is 12.9 Å². The van der Waals surface area contributed by atoms with E-state index in [2.05, 4.69) is 19.9 Å². The second-order valence-corrected chi connectivity index (χ2v) is 8.52. The SMILES string of the molecule is COCCN1CCC(CNS(=O)(=O)c2c(C)cc(C)c3nonc23)C1.O=CO.O=CO. The summed E-state index contributed by atoms with van der Waals surface area (Å²) in [6.07, 6.45) is 0.972. The number of hydrogen-bond donors (Lipinski definition) is 3. The van der Waals surface area contributed by atoms with E-state index in [1.54, 1.807) is 20.1 Å². The predicted molar refractivity (Wildman–Crippen MR) is 110 cm³/mol. The number of benzene rings is 1. The average molecular weight is 461 g/mol. The first-order chi connectivity index (χ1) is 14.7. The van der Waals surface area contributed by atoms with Crippen LogP contribution in [0.25, 0.3) is 11.0 Å². The zero-order valence-electron chi connectivity index (χ0n) is 17.6. The van der Waals surface area contributed by atoms with E-state index in [9.17, 15) is 8.42 Å². The molecule has 2 aromatic rings. The van der Waals surface area contributed by atoms with Crippen LogP contribution in [-0.2, 0) is 24.3 Å². The zero-order chi connectivity index (χ0) is 23.4. The van der Waals surface area contributed by atoms with Gasteiger partial charge >= 0.3 is 0 Å². The summed E-state index contributed by atoms with van der Waals surface area (Å²) >= 11 is 0. The molecule has 0 bridgehead atoms. The molecule has 2 heterocycles. The molecule has 0 spiro atoms. The lowest BCUT2D eigenvalue weighted by atomic mass is 10.1. The van der Waals surface area contributed by atoms with Crippen molar-refractivity contribution < 1.29 is 37.6 Å². The number of aromatic nitrogens is 2. The summed E-state index contributed by atoms with van der Waals surface area (Å²) in [5.74, 6) is 0.295. The summed E-state index contributed by atoms with van der Waals surface area (Å²) in [7, 11) is -2.00. The van der Waals surface area contributed by atoms with Crippen LogP contribution in [0.1, 0.15) is 17.5 Å². The molecule has 3 N–H and O–H groups in total. The van der Waals surface area contributed by atoms with E-state index in [1.807, 2.05) is 6.92 Å². The van der Waals surface area contributed by atoms with Crippen molar-refractivity contribution in [2.75, 3.05) is 39.9 Å². The normalized spacial score (nSPS) is 16.2. The molecule has 1 fully saturated rings. The van der Waals surface area contributed by atoms with Crippen LogP contribution >= 0.6 is 0 Å². The van der Waals surface area contributed by atoms with Crippen LogP contribution in [0.5, 0.6) is 0 Å². The maximum absolute atomic E-state index is 12.8. The summed E-state index contributed by atoms with van der Waals surface area (Å²) < 4.78 is 38.3. The Labute approximate surface area is 180 Å². The van der Waals surface area contributed by atoms with Crippen molar-refractivity contribution in [1.29, 1.82) is 0 Å². The summed E-state index contributed by atoms with van der Waals surface area (Å²) in [4.78, 5) is 19.2. The molecule has 0 aliphatic carbocycles. The smallest absolute Gasteiger partial charge is 0.290 e. The number of fused-ring (bicyclic) bond motifs is 1. The highest BCUT2D eigenvalue weighted by atomic mass is 32.2. The number of nitrogens with one attached hydrogen (secondary N) is 1. The third-order valence-electron chi connectivity index (χ3n) is 4.68. The van der Waals surface area contributed by atoms with Crippen LogP contribution in [0, 0.1) is 19.8 Å². The van der Waals surface area contributed by atoms with Gasteiger partial charge in [0.1, 0.15) is 10.4 Å². The monoisotopic (exact) mass is 460 g/mol. The Morgan fingerprint density at radius 1 is 1.23 bits per heavy atom. The van der Waals surface area contributed by atoms with Crippen LogP contribution in [-0.4, -0.2) is 86.7 Å². The maximum Gasteiger partial charge on any atom is 0.290 e. The Hall–Kier alpha value is -2.61. The Balaban J connectivity index is 0.000000720. The molecule has 13 heteroatoms. The van der Waals surface area contributed by atoms with E-state index in [0.29, 0.717) is 30.1 Å². The van der Waals surface area contributed by atoms with Crippen molar-refractivity contribution in [1.82, 2.24) is 19.9 Å². The van der Waals surface area contributed by atoms with E-state index < -0.39 is 10.0 Å². The minimum absolute atomic E-state index is 0.156. The maximum atomic E-state index is 12.8. The van der Waals surface area contributed by atoms with Crippen molar-refractivity contribution in [3.05, 3.63) is 17.2 Å². The third kappa shape index (κ3) is 7.54. The molecule has 1 aromatic heterocycles. The van der Waals surface area contributed by atoms with Gasteiger partial charge in [0.2, 0.25) is 10.0 Å². The van der Waals surface area contributed by atoms with Crippen LogP contribution in [0.4, 0.5) is 0 Å². The van der Waals surface area contributed by atoms with E-state index in [4.69, 9.17) is 29.2 Å². The van der Waals surface area contributed by atoms with E-state index in [0.717, 1.165) is 31.6 Å².